The summed E-state index contributed by atoms with van der Waals surface area (Å²) >= 11 is 0. The average Bonchev–Trinajstić information content (AvgIpc) is 2.59. The summed E-state index contributed by atoms with van der Waals surface area (Å²) in [5.41, 5.74) is 0.781. The van der Waals surface area contributed by atoms with Crippen LogP contribution in [-0.4, -0.2) is 47.8 Å². The Morgan fingerprint density at radius 2 is 1.89 bits per heavy atom. The summed E-state index contributed by atoms with van der Waals surface area (Å²) in [7, 11) is 1.69. The van der Waals surface area contributed by atoms with Gasteiger partial charge in [-0.2, -0.15) is 0 Å². The van der Waals surface area contributed by atoms with Crippen LogP contribution in [0.5, 0.6) is 11.5 Å². The summed E-state index contributed by atoms with van der Waals surface area (Å²) in [5.74, 6) is 2.02. The number of nitrogens with zero attached hydrogens (tertiary/aromatic N) is 1. The van der Waals surface area contributed by atoms with Gasteiger partial charge in [0, 0.05) is 30.5 Å². The molecule has 0 bridgehead atoms. The standard InChI is InChI=1S/C22H31NO4/c1-15-4-5-18(10-19(15)26-3)27-17-6-8-22(9-7-17)13-23(14-22)20(24)16-11-21(2,25)12-16/h4-5,10,16-17,25H,6-9,11-14H2,1-3H3/t16-,21+. The zero-order valence-electron chi connectivity index (χ0n) is 16.7. The molecule has 1 saturated heterocycles. The number of aryl methyl sites for hydroxylation is 1. The highest BCUT2D eigenvalue weighted by atomic mass is 16.5. The average molecular weight is 373 g/mol. The molecule has 0 atom stereocenters. The number of hydrogen-bond donors (Lipinski definition) is 1. The minimum Gasteiger partial charge on any atom is -0.496 e. The van der Waals surface area contributed by atoms with E-state index in [1.807, 2.05) is 36.9 Å². The second-order valence-corrected chi connectivity index (χ2v) is 9.25. The van der Waals surface area contributed by atoms with Crippen molar-refractivity contribution in [1.82, 2.24) is 4.90 Å². The molecule has 4 rings (SSSR count). The molecule has 3 fully saturated rings. The maximum atomic E-state index is 12.5. The maximum absolute atomic E-state index is 12.5. The highest BCUT2D eigenvalue weighted by molar-refractivity contribution is 5.81. The number of aliphatic hydroxyl groups is 1. The Morgan fingerprint density at radius 1 is 1.22 bits per heavy atom. The lowest BCUT2D eigenvalue weighted by molar-refractivity contribution is -0.164. The van der Waals surface area contributed by atoms with Crippen LogP contribution >= 0.6 is 0 Å². The number of benzene rings is 1. The number of likely N-dealkylation sites (tertiary alicyclic amines) is 1. The Balaban J connectivity index is 1.25. The Hall–Kier alpha value is -1.75. The van der Waals surface area contributed by atoms with Crippen LogP contribution in [0.15, 0.2) is 18.2 Å². The van der Waals surface area contributed by atoms with Gasteiger partial charge in [0.15, 0.2) is 0 Å². The lowest BCUT2D eigenvalue weighted by atomic mass is 9.66. The number of carbonyl (C=O) groups is 1. The highest BCUT2D eigenvalue weighted by Gasteiger charge is 2.51. The van der Waals surface area contributed by atoms with Gasteiger partial charge < -0.3 is 19.5 Å². The van der Waals surface area contributed by atoms with Crippen LogP contribution in [0.25, 0.3) is 0 Å². The van der Waals surface area contributed by atoms with E-state index in [-0.39, 0.29) is 17.9 Å². The summed E-state index contributed by atoms with van der Waals surface area (Å²) < 4.78 is 11.6. The van der Waals surface area contributed by atoms with Gasteiger partial charge in [-0.15, -0.1) is 0 Å². The van der Waals surface area contributed by atoms with Crippen molar-refractivity contribution in [1.29, 1.82) is 0 Å². The molecular formula is C22H31NO4. The predicted molar refractivity (Wildman–Crippen MR) is 103 cm³/mol. The molecule has 0 radical (unpaired) electrons. The van der Waals surface area contributed by atoms with Gasteiger partial charge in [0.2, 0.25) is 5.91 Å². The van der Waals surface area contributed by atoms with Gasteiger partial charge in [-0.25, -0.2) is 0 Å². The highest BCUT2D eigenvalue weighted by Crippen LogP contribution is 2.47. The molecule has 5 heteroatoms. The van der Waals surface area contributed by atoms with E-state index >= 15 is 0 Å². The van der Waals surface area contributed by atoms with Crippen LogP contribution in [0.4, 0.5) is 0 Å². The van der Waals surface area contributed by atoms with Crippen LogP contribution in [-0.2, 0) is 4.79 Å². The molecule has 1 aromatic carbocycles. The van der Waals surface area contributed by atoms with Crippen LogP contribution in [0.2, 0.25) is 0 Å². The van der Waals surface area contributed by atoms with Crippen molar-refractivity contribution in [3.63, 3.8) is 0 Å². The van der Waals surface area contributed by atoms with Crippen molar-refractivity contribution >= 4 is 5.91 Å². The van der Waals surface area contributed by atoms with E-state index in [0.29, 0.717) is 18.3 Å². The van der Waals surface area contributed by atoms with Crippen molar-refractivity contribution in [2.24, 2.45) is 11.3 Å². The fourth-order valence-electron chi connectivity index (χ4n) is 5.06. The quantitative estimate of drug-likeness (QED) is 0.880. The first-order chi connectivity index (χ1) is 12.8. The second-order valence-electron chi connectivity index (χ2n) is 9.25. The molecule has 2 saturated carbocycles. The molecule has 3 aliphatic rings. The van der Waals surface area contributed by atoms with Gasteiger partial charge in [0.25, 0.3) is 0 Å². The monoisotopic (exact) mass is 373 g/mol. The zero-order valence-corrected chi connectivity index (χ0v) is 16.7. The first-order valence-corrected chi connectivity index (χ1v) is 10.1. The zero-order chi connectivity index (χ0) is 19.2. The number of ether oxygens (including phenoxy) is 2. The van der Waals surface area contributed by atoms with Gasteiger partial charge >= 0.3 is 0 Å². The molecule has 0 aromatic heterocycles. The van der Waals surface area contributed by atoms with E-state index in [1.165, 1.54) is 0 Å². The first-order valence-electron chi connectivity index (χ1n) is 10.1. The summed E-state index contributed by atoms with van der Waals surface area (Å²) in [5, 5.41) is 9.85. The van der Waals surface area contributed by atoms with Gasteiger partial charge in [-0.1, -0.05) is 6.07 Å². The number of hydrogen-bond acceptors (Lipinski definition) is 4. The first kappa shape index (κ1) is 18.6. The molecule has 2 aliphatic carbocycles. The van der Waals surface area contributed by atoms with Crippen LogP contribution in [0, 0.1) is 18.3 Å². The lowest BCUT2D eigenvalue weighted by Gasteiger charge is -2.55. The van der Waals surface area contributed by atoms with E-state index in [1.54, 1.807) is 7.11 Å². The third kappa shape index (κ3) is 3.66. The molecule has 1 heterocycles. The van der Waals surface area contributed by atoms with E-state index in [9.17, 15) is 9.90 Å². The Morgan fingerprint density at radius 3 is 2.48 bits per heavy atom. The van der Waals surface area contributed by atoms with Gasteiger partial charge in [-0.05, 0) is 64.0 Å². The Labute approximate surface area is 161 Å². The van der Waals surface area contributed by atoms with Crippen LogP contribution in [0.1, 0.15) is 51.0 Å². The van der Waals surface area contributed by atoms with Crippen molar-refractivity contribution in [3.05, 3.63) is 23.8 Å². The predicted octanol–water partition coefficient (Wildman–Crippen LogP) is 3.31. The Kier molecular flexibility index (Phi) is 4.61. The van der Waals surface area contributed by atoms with Gasteiger partial charge in [-0.3, -0.25) is 4.79 Å². The smallest absolute Gasteiger partial charge is 0.225 e. The molecule has 1 N–H and O–H groups in total. The normalized spacial score (nSPS) is 29.8. The number of amides is 1. The van der Waals surface area contributed by atoms with E-state index in [2.05, 4.69) is 0 Å². The summed E-state index contributed by atoms with van der Waals surface area (Å²) in [6.07, 6.45) is 5.79. The van der Waals surface area contributed by atoms with E-state index in [0.717, 1.165) is 55.8 Å². The fourth-order valence-corrected chi connectivity index (χ4v) is 5.06. The molecule has 1 aromatic rings. The van der Waals surface area contributed by atoms with Crippen LogP contribution < -0.4 is 9.47 Å². The topological polar surface area (TPSA) is 59.0 Å². The third-order valence-corrected chi connectivity index (χ3v) is 6.76. The summed E-state index contributed by atoms with van der Waals surface area (Å²) in [6, 6.07) is 6.02. The summed E-state index contributed by atoms with van der Waals surface area (Å²) in [4.78, 5) is 14.5. The van der Waals surface area contributed by atoms with Crippen molar-refractivity contribution < 1.29 is 19.4 Å². The largest absolute Gasteiger partial charge is 0.496 e. The molecule has 1 spiro atoms. The van der Waals surface area contributed by atoms with E-state index in [4.69, 9.17) is 9.47 Å². The van der Waals surface area contributed by atoms with Crippen molar-refractivity contribution in [3.8, 4) is 11.5 Å². The second kappa shape index (κ2) is 6.69. The van der Waals surface area contributed by atoms with Gasteiger partial charge in [0.1, 0.15) is 11.5 Å². The number of methoxy groups -OCH3 is 1. The molecule has 0 unspecified atom stereocenters. The molecule has 1 aliphatic heterocycles. The molecular weight excluding hydrogens is 342 g/mol. The Bertz CT molecular complexity index is 705. The van der Waals surface area contributed by atoms with Gasteiger partial charge in [0.05, 0.1) is 18.8 Å². The molecule has 27 heavy (non-hydrogen) atoms. The molecule has 1 amide bonds. The fraction of sp³-hybridized carbons (Fsp3) is 0.682. The van der Waals surface area contributed by atoms with Crippen molar-refractivity contribution in [2.45, 2.75) is 64.1 Å². The van der Waals surface area contributed by atoms with Crippen LogP contribution in [0.3, 0.4) is 0 Å². The van der Waals surface area contributed by atoms with E-state index < -0.39 is 5.60 Å². The maximum Gasteiger partial charge on any atom is 0.225 e. The molecule has 148 valence electrons. The minimum atomic E-state index is -0.628. The molecule has 5 nitrogen and oxygen atoms in total. The minimum absolute atomic E-state index is 0.0357. The number of carbonyl (C=O) groups excluding carboxylic acids is 1. The van der Waals surface area contributed by atoms with Crippen molar-refractivity contribution in [2.75, 3.05) is 20.2 Å². The third-order valence-electron chi connectivity index (χ3n) is 6.76. The SMILES string of the molecule is COc1cc(OC2CCC3(CC2)CN(C(=O)[C@H]2C[C@@](C)(O)C2)C3)ccc1C. The lowest BCUT2D eigenvalue weighted by Crippen LogP contribution is -2.63. The summed E-state index contributed by atoms with van der Waals surface area (Å²) in [6.45, 7) is 5.62. The number of rotatable bonds is 4.